The summed E-state index contributed by atoms with van der Waals surface area (Å²) in [5, 5.41) is 0. The maximum absolute atomic E-state index is 11.9. The standard InChI is InChI=1S/C22H38O3S.Pr/c1-2-3-4-5-6-7-8-9-10-11-12-13-14-18-21-26(23,24)25-22-19-16-15-17-20-22;/h15-17,19-20H,2-14,18,21H2,1H3;. The number of unbranched alkanes of at least 4 members (excludes halogenated alkanes) is 13. The van der Waals surface area contributed by atoms with Crippen molar-refractivity contribution in [3.8, 4) is 5.75 Å². The zero-order valence-electron chi connectivity index (χ0n) is 17.2. The van der Waals surface area contributed by atoms with Crippen LogP contribution in [0.5, 0.6) is 5.75 Å². The van der Waals surface area contributed by atoms with Crippen molar-refractivity contribution in [3.63, 3.8) is 0 Å². The molecular weight excluding hydrogens is 485 g/mol. The largest absolute Gasteiger partial charge is 0.382 e. The molecule has 0 atom stereocenters. The molecule has 0 aliphatic rings. The Morgan fingerprint density at radius 1 is 0.667 bits per heavy atom. The number of hydrogen-bond donors (Lipinski definition) is 0. The van der Waals surface area contributed by atoms with Gasteiger partial charge in [0.05, 0.1) is 5.75 Å². The van der Waals surface area contributed by atoms with Gasteiger partial charge in [-0.25, -0.2) is 0 Å². The summed E-state index contributed by atoms with van der Waals surface area (Å²) < 4.78 is 28.9. The first-order valence-electron chi connectivity index (χ1n) is 10.6. The monoisotopic (exact) mass is 523 g/mol. The van der Waals surface area contributed by atoms with Crippen LogP contribution in [0.15, 0.2) is 30.3 Å². The molecule has 0 spiro atoms. The topological polar surface area (TPSA) is 43.4 Å². The van der Waals surface area contributed by atoms with Crippen molar-refractivity contribution < 1.29 is 53.9 Å². The van der Waals surface area contributed by atoms with Gasteiger partial charge in [-0.2, -0.15) is 8.42 Å². The van der Waals surface area contributed by atoms with Gasteiger partial charge < -0.3 is 4.18 Å². The summed E-state index contributed by atoms with van der Waals surface area (Å²) in [5.74, 6) is 0.512. The first-order valence-corrected chi connectivity index (χ1v) is 12.2. The molecule has 0 aliphatic carbocycles. The van der Waals surface area contributed by atoms with Gasteiger partial charge in [0, 0.05) is 41.3 Å². The zero-order chi connectivity index (χ0) is 18.9. The molecule has 3 nitrogen and oxygen atoms in total. The molecule has 27 heavy (non-hydrogen) atoms. The molecule has 0 saturated carbocycles. The van der Waals surface area contributed by atoms with Crippen molar-refractivity contribution in [2.75, 3.05) is 5.75 Å². The van der Waals surface area contributed by atoms with Crippen molar-refractivity contribution in [2.45, 2.75) is 96.8 Å². The van der Waals surface area contributed by atoms with Crippen LogP contribution in [0.3, 0.4) is 0 Å². The third-order valence-electron chi connectivity index (χ3n) is 4.71. The van der Waals surface area contributed by atoms with Crippen LogP contribution in [0, 0.1) is 41.3 Å². The second kappa shape index (κ2) is 18.4. The molecule has 0 heterocycles. The van der Waals surface area contributed by atoms with Crippen LogP contribution in [-0.2, 0) is 10.1 Å². The molecule has 0 unspecified atom stereocenters. The fourth-order valence-corrected chi connectivity index (χ4v) is 4.18. The van der Waals surface area contributed by atoms with Gasteiger partial charge in [-0.05, 0) is 18.6 Å². The second-order valence-corrected chi connectivity index (χ2v) is 8.94. The fraction of sp³-hybridized carbons (Fsp3) is 0.727. The molecule has 0 bridgehead atoms. The van der Waals surface area contributed by atoms with Gasteiger partial charge in [0.2, 0.25) is 0 Å². The fourth-order valence-electron chi connectivity index (χ4n) is 3.14. The smallest absolute Gasteiger partial charge is 0.309 e. The quantitative estimate of drug-likeness (QED) is 0.165. The van der Waals surface area contributed by atoms with E-state index in [0.717, 1.165) is 12.8 Å². The molecule has 1 rings (SSSR count). The summed E-state index contributed by atoms with van der Waals surface area (Å²) in [5.41, 5.74) is 0. The Kier molecular flexibility index (Phi) is 18.6. The average Bonchev–Trinajstić information content (AvgIpc) is 2.62. The van der Waals surface area contributed by atoms with Crippen LogP contribution in [-0.4, -0.2) is 14.2 Å². The van der Waals surface area contributed by atoms with E-state index >= 15 is 0 Å². The second-order valence-electron chi connectivity index (χ2n) is 7.25. The number of para-hydroxylation sites is 1. The molecule has 0 aromatic heterocycles. The zero-order valence-corrected chi connectivity index (χ0v) is 21.7. The van der Waals surface area contributed by atoms with Gasteiger partial charge in [-0.1, -0.05) is 109 Å². The van der Waals surface area contributed by atoms with Crippen LogP contribution < -0.4 is 4.18 Å². The third kappa shape index (κ3) is 16.9. The van der Waals surface area contributed by atoms with E-state index < -0.39 is 10.1 Å². The molecule has 0 fully saturated rings. The third-order valence-corrected chi connectivity index (χ3v) is 5.95. The van der Waals surface area contributed by atoms with Gasteiger partial charge in [0.1, 0.15) is 5.75 Å². The minimum atomic E-state index is -3.45. The van der Waals surface area contributed by atoms with Crippen LogP contribution in [0.1, 0.15) is 96.8 Å². The molecule has 0 aliphatic heterocycles. The Labute approximate surface area is 201 Å². The maximum atomic E-state index is 11.9. The van der Waals surface area contributed by atoms with Gasteiger partial charge in [0.25, 0.3) is 0 Å². The van der Waals surface area contributed by atoms with E-state index in [1.54, 1.807) is 24.3 Å². The first-order chi connectivity index (χ1) is 12.6. The summed E-state index contributed by atoms with van der Waals surface area (Å²) in [7, 11) is -3.45. The van der Waals surface area contributed by atoms with Crippen molar-refractivity contribution in [1.29, 1.82) is 0 Å². The predicted octanol–water partition coefficient (Wildman–Crippen LogP) is 6.88. The minimum Gasteiger partial charge on any atom is -0.382 e. The Balaban J connectivity index is 0.00000676. The molecule has 0 amide bonds. The number of benzene rings is 1. The van der Waals surface area contributed by atoms with Gasteiger partial charge in [0.15, 0.2) is 0 Å². The molecule has 1 aromatic carbocycles. The van der Waals surface area contributed by atoms with Gasteiger partial charge in [-0.15, -0.1) is 0 Å². The first kappa shape index (κ1) is 27.3. The summed E-state index contributed by atoms with van der Waals surface area (Å²) in [6, 6.07) is 8.73. The molecule has 153 valence electrons. The number of rotatable bonds is 17. The Morgan fingerprint density at radius 2 is 1.07 bits per heavy atom. The van der Waals surface area contributed by atoms with E-state index in [4.69, 9.17) is 4.18 Å². The van der Waals surface area contributed by atoms with E-state index in [9.17, 15) is 8.42 Å². The van der Waals surface area contributed by atoms with Crippen LogP contribution in [0.2, 0.25) is 0 Å². The van der Waals surface area contributed by atoms with E-state index in [1.807, 2.05) is 6.07 Å². The van der Waals surface area contributed by atoms with Crippen molar-refractivity contribution in [1.82, 2.24) is 0 Å². The molecule has 1 radical (unpaired) electrons. The van der Waals surface area contributed by atoms with Crippen LogP contribution in [0.4, 0.5) is 0 Å². The molecule has 0 N–H and O–H groups in total. The van der Waals surface area contributed by atoms with E-state index in [1.165, 1.54) is 70.6 Å². The van der Waals surface area contributed by atoms with Crippen molar-refractivity contribution >= 4 is 10.1 Å². The Morgan fingerprint density at radius 3 is 1.52 bits per heavy atom. The maximum Gasteiger partial charge on any atom is 0.309 e. The number of hydrogen-bond acceptors (Lipinski definition) is 3. The van der Waals surface area contributed by atoms with Crippen molar-refractivity contribution in [2.24, 2.45) is 0 Å². The van der Waals surface area contributed by atoms with Crippen molar-refractivity contribution in [3.05, 3.63) is 30.3 Å². The summed E-state index contributed by atoms with van der Waals surface area (Å²) >= 11 is 0. The van der Waals surface area contributed by atoms with Crippen LogP contribution in [0.25, 0.3) is 0 Å². The predicted molar refractivity (Wildman–Crippen MR) is 111 cm³/mol. The van der Waals surface area contributed by atoms with E-state index in [-0.39, 0.29) is 47.0 Å². The molecule has 1 aromatic rings. The van der Waals surface area contributed by atoms with Gasteiger partial charge >= 0.3 is 10.1 Å². The van der Waals surface area contributed by atoms with E-state index in [0.29, 0.717) is 12.2 Å². The minimum absolute atomic E-state index is 0. The summed E-state index contributed by atoms with van der Waals surface area (Å²) in [6.07, 6.45) is 17.7. The Hall–Kier alpha value is 0.334. The SMILES string of the molecule is CCCCCCCCCCCCCCCCS(=O)(=O)Oc1ccccc1.[Pr]. The average molecular weight is 524 g/mol. The Bertz CT molecular complexity index is 532. The van der Waals surface area contributed by atoms with Gasteiger partial charge in [-0.3, -0.25) is 0 Å². The normalized spacial score (nSPS) is 11.1. The molecular formula is C22H38O3PrS. The van der Waals surface area contributed by atoms with E-state index in [2.05, 4.69) is 6.92 Å². The summed E-state index contributed by atoms with van der Waals surface area (Å²) in [4.78, 5) is 0. The summed E-state index contributed by atoms with van der Waals surface area (Å²) in [6.45, 7) is 2.26. The molecule has 5 heteroatoms. The van der Waals surface area contributed by atoms with Crippen LogP contribution >= 0.6 is 0 Å². The molecule has 0 saturated heterocycles.